The van der Waals surface area contributed by atoms with Crippen molar-refractivity contribution in [1.82, 2.24) is 19.9 Å². The molecule has 0 radical (unpaired) electrons. The molecule has 2 heterocycles. The topological polar surface area (TPSA) is 110 Å². The first-order valence-corrected chi connectivity index (χ1v) is 11.9. The zero-order valence-corrected chi connectivity index (χ0v) is 21.6. The van der Waals surface area contributed by atoms with Gasteiger partial charge in [0, 0.05) is 18.4 Å². The van der Waals surface area contributed by atoms with Crippen LogP contribution in [0, 0.1) is 5.82 Å². The molecule has 0 fully saturated rings. The van der Waals surface area contributed by atoms with Crippen molar-refractivity contribution < 1.29 is 48.6 Å². The Morgan fingerprint density at radius 3 is 2.05 bits per heavy atom. The van der Waals surface area contributed by atoms with Gasteiger partial charge in [-0.3, -0.25) is 4.98 Å². The Bertz CT molecular complexity index is 1610. The predicted octanol–water partition coefficient (Wildman–Crippen LogP) is 7.98. The summed E-state index contributed by atoms with van der Waals surface area (Å²) in [6.45, 7) is -0.306. The molecule has 2 N–H and O–H groups in total. The third kappa shape index (κ3) is 9.20. The van der Waals surface area contributed by atoms with E-state index in [1.165, 1.54) is 12.1 Å². The van der Waals surface area contributed by atoms with E-state index in [4.69, 9.17) is 0 Å². The van der Waals surface area contributed by atoms with Gasteiger partial charge in [-0.25, -0.2) is 4.39 Å². The maximum absolute atomic E-state index is 13.7. The second-order valence-electron chi connectivity index (χ2n) is 8.59. The molecule has 0 aliphatic rings. The molecule has 0 amide bonds. The van der Waals surface area contributed by atoms with Crippen LogP contribution in [0.5, 0.6) is 5.75 Å². The SMILES string of the molecule is Fc1ccc(Nc2nc(N=NCc3ccc(OC(F)(F)F)cc3)nc(NCc3ccc(C(F)(F)F)nc3)n2)cc1C(F)(F)F. The minimum atomic E-state index is -5.00. The van der Waals surface area contributed by atoms with Gasteiger partial charge in [0.05, 0.1) is 12.1 Å². The highest BCUT2D eigenvalue weighted by atomic mass is 19.4. The van der Waals surface area contributed by atoms with Crippen LogP contribution in [0.25, 0.3) is 0 Å². The highest BCUT2D eigenvalue weighted by Gasteiger charge is 2.34. The minimum absolute atomic E-state index is 0.147. The van der Waals surface area contributed by atoms with E-state index >= 15 is 0 Å². The summed E-state index contributed by atoms with van der Waals surface area (Å²) < 4.78 is 132. The smallest absolute Gasteiger partial charge is 0.406 e. The van der Waals surface area contributed by atoms with E-state index in [1.54, 1.807) is 0 Å². The summed E-state index contributed by atoms with van der Waals surface area (Å²) in [5.74, 6) is -2.96. The zero-order valence-electron chi connectivity index (χ0n) is 21.6. The first kappa shape index (κ1) is 31.8. The van der Waals surface area contributed by atoms with Gasteiger partial charge in [-0.1, -0.05) is 18.2 Å². The standard InChI is InChI=1S/C25H16F10N8O/c26-18-7-4-15(9-17(18)23(27,28)29)39-21-40-20(37-11-14-3-8-19(36-10-14)24(30,31)32)41-22(42-21)43-38-12-13-1-5-16(6-2-13)44-25(33,34)35/h1-10H,11-12H2,(H2,37,39,40,41,42). The molecule has 0 atom stereocenters. The lowest BCUT2D eigenvalue weighted by Gasteiger charge is -2.12. The number of nitrogens with one attached hydrogen (secondary N) is 2. The van der Waals surface area contributed by atoms with Crippen molar-refractivity contribution >= 4 is 23.5 Å². The monoisotopic (exact) mass is 634 g/mol. The number of pyridine rings is 1. The first-order chi connectivity index (χ1) is 20.5. The second kappa shape index (κ2) is 12.6. The van der Waals surface area contributed by atoms with Crippen molar-refractivity contribution in [2.45, 2.75) is 31.8 Å². The Hall–Kier alpha value is -5.10. The molecule has 232 valence electrons. The molecule has 0 aliphatic heterocycles. The van der Waals surface area contributed by atoms with Gasteiger partial charge in [0.2, 0.25) is 11.9 Å². The Balaban J connectivity index is 1.55. The molecule has 19 heteroatoms. The van der Waals surface area contributed by atoms with Crippen molar-refractivity contribution in [2.24, 2.45) is 10.2 Å². The van der Waals surface area contributed by atoms with Crippen molar-refractivity contribution in [1.29, 1.82) is 0 Å². The van der Waals surface area contributed by atoms with Gasteiger partial charge in [-0.15, -0.1) is 18.3 Å². The Morgan fingerprint density at radius 2 is 1.43 bits per heavy atom. The van der Waals surface area contributed by atoms with E-state index in [0.29, 0.717) is 17.7 Å². The molecule has 0 aliphatic carbocycles. The lowest BCUT2D eigenvalue weighted by molar-refractivity contribution is -0.274. The first-order valence-electron chi connectivity index (χ1n) is 11.9. The van der Waals surface area contributed by atoms with Crippen LogP contribution in [0.2, 0.25) is 0 Å². The normalized spacial score (nSPS) is 12.4. The van der Waals surface area contributed by atoms with Gasteiger partial charge in [-0.05, 0) is 47.5 Å². The molecule has 0 bridgehead atoms. The van der Waals surface area contributed by atoms with Gasteiger partial charge >= 0.3 is 18.7 Å². The summed E-state index contributed by atoms with van der Waals surface area (Å²) in [6, 6.07) is 8.64. The zero-order chi connectivity index (χ0) is 32.1. The molecule has 4 rings (SSSR count). The van der Waals surface area contributed by atoms with E-state index in [0.717, 1.165) is 36.5 Å². The maximum atomic E-state index is 13.7. The summed E-state index contributed by atoms with van der Waals surface area (Å²) in [6.07, 6.45) is -13.6. The van der Waals surface area contributed by atoms with E-state index < -0.39 is 41.5 Å². The highest BCUT2D eigenvalue weighted by molar-refractivity contribution is 5.56. The third-order valence-corrected chi connectivity index (χ3v) is 5.29. The lowest BCUT2D eigenvalue weighted by atomic mass is 10.2. The van der Waals surface area contributed by atoms with E-state index in [-0.39, 0.29) is 42.2 Å². The number of hydrogen-bond acceptors (Lipinski definition) is 9. The highest BCUT2D eigenvalue weighted by Crippen LogP contribution is 2.34. The molecule has 0 spiro atoms. The predicted molar refractivity (Wildman–Crippen MR) is 132 cm³/mol. The van der Waals surface area contributed by atoms with Crippen molar-refractivity contribution in [3.63, 3.8) is 0 Å². The quantitative estimate of drug-likeness (QED) is 0.142. The number of halogens is 10. The van der Waals surface area contributed by atoms with Crippen LogP contribution >= 0.6 is 0 Å². The molecule has 0 saturated heterocycles. The fourth-order valence-electron chi connectivity index (χ4n) is 3.35. The van der Waals surface area contributed by atoms with E-state index in [1.807, 2.05) is 0 Å². The van der Waals surface area contributed by atoms with Crippen LogP contribution in [0.3, 0.4) is 0 Å². The lowest BCUT2D eigenvalue weighted by Crippen LogP contribution is -2.16. The molecular weight excluding hydrogens is 618 g/mol. The van der Waals surface area contributed by atoms with Crippen LogP contribution in [0.15, 0.2) is 71.0 Å². The van der Waals surface area contributed by atoms with Crippen LogP contribution in [0.1, 0.15) is 22.4 Å². The van der Waals surface area contributed by atoms with Gasteiger partial charge in [-0.2, -0.15) is 46.4 Å². The van der Waals surface area contributed by atoms with Crippen LogP contribution in [-0.4, -0.2) is 26.3 Å². The average molecular weight is 634 g/mol. The summed E-state index contributed by atoms with van der Waals surface area (Å²) >= 11 is 0. The summed E-state index contributed by atoms with van der Waals surface area (Å²) in [4.78, 5) is 15.2. The summed E-state index contributed by atoms with van der Waals surface area (Å²) in [7, 11) is 0. The number of alkyl halides is 9. The fraction of sp³-hybridized carbons (Fsp3) is 0.200. The number of azo groups is 1. The number of anilines is 3. The molecule has 0 saturated carbocycles. The molecule has 4 aromatic rings. The van der Waals surface area contributed by atoms with Gasteiger partial charge in [0.1, 0.15) is 17.3 Å². The number of ether oxygens (including phenoxy) is 1. The average Bonchev–Trinajstić information content (AvgIpc) is 2.92. The van der Waals surface area contributed by atoms with Crippen molar-refractivity contribution in [3.8, 4) is 5.75 Å². The van der Waals surface area contributed by atoms with Crippen molar-refractivity contribution in [3.05, 3.63) is 89.0 Å². The molecule has 0 unspecified atom stereocenters. The number of benzene rings is 2. The fourth-order valence-corrected chi connectivity index (χ4v) is 3.35. The summed E-state index contributed by atoms with van der Waals surface area (Å²) in [5.41, 5.74) is -2.24. The second-order valence-corrected chi connectivity index (χ2v) is 8.59. The van der Waals surface area contributed by atoms with Gasteiger partial charge in [0.15, 0.2) is 0 Å². The Morgan fingerprint density at radius 1 is 0.750 bits per heavy atom. The maximum Gasteiger partial charge on any atom is 0.573 e. The van der Waals surface area contributed by atoms with Gasteiger partial charge in [0.25, 0.3) is 5.95 Å². The number of rotatable bonds is 9. The third-order valence-electron chi connectivity index (χ3n) is 5.29. The number of aromatic nitrogens is 4. The minimum Gasteiger partial charge on any atom is -0.406 e. The molecule has 44 heavy (non-hydrogen) atoms. The Labute approximate surface area is 240 Å². The van der Waals surface area contributed by atoms with Crippen LogP contribution < -0.4 is 15.4 Å². The van der Waals surface area contributed by atoms with Crippen molar-refractivity contribution in [2.75, 3.05) is 10.6 Å². The number of hydrogen-bond donors (Lipinski definition) is 2. The molecule has 9 nitrogen and oxygen atoms in total. The largest absolute Gasteiger partial charge is 0.573 e. The Kier molecular flexibility index (Phi) is 9.14. The summed E-state index contributed by atoms with van der Waals surface area (Å²) in [5, 5.41) is 12.8. The molecular formula is C25H16F10N8O. The molecule has 2 aromatic heterocycles. The molecule has 2 aromatic carbocycles. The van der Waals surface area contributed by atoms with E-state index in [2.05, 4.69) is 45.5 Å². The van der Waals surface area contributed by atoms with Crippen LogP contribution in [0.4, 0.5) is 67.4 Å². The van der Waals surface area contributed by atoms with E-state index in [9.17, 15) is 43.9 Å². The van der Waals surface area contributed by atoms with Crippen LogP contribution in [-0.2, 0) is 25.4 Å². The van der Waals surface area contributed by atoms with Gasteiger partial charge < -0.3 is 15.4 Å². The number of nitrogens with zero attached hydrogens (tertiary/aromatic N) is 6.